The number of hydrogen-bond donors (Lipinski definition) is 1. The maximum atomic E-state index is 3.55. The zero-order chi connectivity index (χ0) is 10.5. The lowest BCUT2D eigenvalue weighted by Gasteiger charge is -2.09. The fraction of sp³-hybridized carbons (Fsp3) is 0.500. The van der Waals surface area contributed by atoms with Gasteiger partial charge in [-0.3, -0.25) is 0 Å². The number of thioether (sulfide) groups is 1. The monoisotopic (exact) mass is 333 g/mol. The largest absolute Gasteiger partial charge is 0.312 e. The number of halogens is 1. The summed E-state index contributed by atoms with van der Waals surface area (Å²) < 4.78 is 1.31. The van der Waals surface area contributed by atoms with Gasteiger partial charge in [0, 0.05) is 10.1 Å². The van der Waals surface area contributed by atoms with Gasteiger partial charge >= 0.3 is 0 Å². The van der Waals surface area contributed by atoms with Gasteiger partial charge in [-0.15, -0.1) is 0 Å². The molecule has 82 valence electrons. The first-order valence-electron chi connectivity index (χ1n) is 5.37. The lowest BCUT2D eigenvalue weighted by molar-refractivity contribution is 0.523. The zero-order valence-electron chi connectivity index (χ0n) is 8.71. The van der Waals surface area contributed by atoms with Gasteiger partial charge < -0.3 is 5.32 Å². The number of hydrogen-bond acceptors (Lipinski definition) is 2. The number of nitrogens with one attached hydrogen (secondary N) is 1. The minimum atomic E-state index is 0.902. The SMILES string of the molecule is Ic1ccc(CNCC2CCSC2)cc1. The second-order valence-corrected chi connectivity index (χ2v) is 6.38. The second-order valence-electron chi connectivity index (χ2n) is 3.99. The average Bonchev–Trinajstić information content (AvgIpc) is 2.74. The summed E-state index contributed by atoms with van der Waals surface area (Å²) in [6.07, 6.45) is 1.39. The summed E-state index contributed by atoms with van der Waals surface area (Å²) in [5.74, 6) is 3.61. The maximum Gasteiger partial charge on any atom is 0.0205 e. The van der Waals surface area contributed by atoms with Crippen molar-refractivity contribution in [3.05, 3.63) is 33.4 Å². The van der Waals surface area contributed by atoms with Crippen molar-refractivity contribution in [3.63, 3.8) is 0 Å². The Hall–Kier alpha value is 0.260. The van der Waals surface area contributed by atoms with E-state index in [4.69, 9.17) is 0 Å². The van der Waals surface area contributed by atoms with Gasteiger partial charge in [0.25, 0.3) is 0 Å². The molecule has 2 rings (SSSR count). The minimum absolute atomic E-state index is 0.902. The summed E-state index contributed by atoms with van der Waals surface area (Å²) in [7, 11) is 0. The summed E-state index contributed by atoms with van der Waals surface area (Å²) >= 11 is 4.43. The molecule has 1 aliphatic rings. The van der Waals surface area contributed by atoms with Gasteiger partial charge in [0.15, 0.2) is 0 Å². The summed E-state index contributed by atoms with van der Waals surface area (Å²) in [5, 5.41) is 3.55. The third kappa shape index (κ3) is 3.96. The molecule has 1 atom stereocenters. The maximum absolute atomic E-state index is 3.55. The molecule has 1 nitrogen and oxygen atoms in total. The van der Waals surface area contributed by atoms with E-state index in [9.17, 15) is 0 Å². The van der Waals surface area contributed by atoms with E-state index in [1.807, 2.05) is 0 Å². The average molecular weight is 333 g/mol. The summed E-state index contributed by atoms with van der Waals surface area (Å²) in [6.45, 7) is 2.19. The highest BCUT2D eigenvalue weighted by Gasteiger charge is 2.14. The fourth-order valence-corrected chi connectivity index (χ4v) is 3.41. The van der Waals surface area contributed by atoms with Gasteiger partial charge in [-0.25, -0.2) is 0 Å². The van der Waals surface area contributed by atoms with Crippen molar-refractivity contribution in [2.75, 3.05) is 18.1 Å². The van der Waals surface area contributed by atoms with Crippen LogP contribution in [0.5, 0.6) is 0 Å². The number of benzene rings is 1. The molecule has 0 amide bonds. The van der Waals surface area contributed by atoms with Crippen molar-refractivity contribution in [2.45, 2.75) is 13.0 Å². The van der Waals surface area contributed by atoms with Crippen LogP contribution in [0.15, 0.2) is 24.3 Å². The highest BCUT2D eigenvalue weighted by Crippen LogP contribution is 2.22. The molecule has 0 radical (unpaired) electrons. The van der Waals surface area contributed by atoms with Crippen LogP contribution in [-0.4, -0.2) is 18.1 Å². The van der Waals surface area contributed by atoms with Crippen LogP contribution >= 0.6 is 34.4 Å². The van der Waals surface area contributed by atoms with Crippen LogP contribution in [0, 0.1) is 9.49 Å². The molecule has 1 N–H and O–H groups in total. The topological polar surface area (TPSA) is 12.0 Å². The molecule has 1 fully saturated rings. The first kappa shape index (κ1) is 11.7. The van der Waals surface area contributed by atoms with Crippen molar-refractivity contribution in [1.29, 1.82) is 0 Å². The van der Waals surface area contributed by atoms with Gasteiger partial charge in [-0.1, -0.05) is 12.1 Å². The Morgan fingerprint density at radius 1 is 1.33 bits per heavy atom. The molecule has 1 heterocycles. The third-order valence-corrected chi connectivity index (χ3v) is 4.65. The van der Waals surface area contributed by atoms with Crippen LogP contribution in [-0.2, 0) is 6.54 Å². The first-order chi connectivity index (χ1) is 7.34. The van der Waals surface area contributed by atoms with Crippen LogP contribution in [0.25, 0.3) is 0 Å². The van der Waals surface area contributed by atoms with Crippen molar-refractivity contribution in [1.82, 2.24) is 5.32 Å². The smallest absolute Gasteiger partial charge is 0.0205 e. The molecule has 1 aliphatic heterocycles. The molecule has 0 aliphatic carbocycles. The Kier molecular flexibility index (Phi) is 4.78. The van der Waals surface area contributed by atoms with E-state index >= 15 is 0 Å². The molecular weight excluding hydrogens is 317 g/mol. The predicted molar refractivity (Wildman–Crippen MR) is 76.3 cm³/mol. The molecule has 15 heavy (non-hydrogen) atoms. The van der Waals surface area contributed by atoms with Gasteiger partial charge in [-0.05, 0) is 70.7 Å². The quantitative estimate of drug-likeness (QED) is 0.850. The summed E-state index contributed by atoms with van der Waals surface area (Å²) in [4.78, 5) is 0. The molecule has 1 unspecified atom stereocenters. The highest BCUT2D eigenvalue weighted by atomic mass is 127. The van der Waals surface area contributed by atoms with E-state index in [-0.39, 0.29) is 0 Å². The van der Waals surface area contributed by atoms with Gasteiger partial charge in [-0.2, -0.15) is 11.8 Å². The molecule has 3 heteroatoms. The normalized spacial score (nSPS) is 20.7. The molecule has 0 saturated carbocycles. The van der Waals surface area contributed by atoms with Gasteiger partial charge in [0.1, 0.15) is 0 Å². The van der Waals surface area contributed by atoms with Crippen LogP contribution in [0.3, 0.4) is 0 Å². The Morgan fingerprint density at radius 3 is 2.80 bits per heavy atom. The molecule has 0 spiro atoms. The van der Waals surface area contributed by atoms with Gasteiger partial charge in [0.2, 0.25) is 0 Å². The van der Waals surface area contributed by atoms with Crippen LogP contribution in [0.4, 0.5) is 0 Å². The van der Waals surface area contributed by atoms with Crippen LogP contribution in [0.1, 0.15) is 12.0 Å². The molecule has 0 bridgehead atoms. The standard InChI is InChI=1S/C12H16INS/c13-12-3-1-10(2-4-12)7-14-8-11-5-6-15-9-11/h1-4,11,14H,5-9H2. The lowest BCUT2D eigenvalue weighted by Crippen LogP contribution is -2.22. The summed E-state index contributed by atoms with van der Waals surface area (Å²) in [6, 6.07) is 8.75. The van der Waals surface area contributed by atoms with Gasteiger partial charge in [0.05, 0.1) is 0 Å². The van der Waals surface area contributed by atoms with E-state index in [2.05, 4.69) is 63.9 Å². The van der Waals surface area contributed by atoms with Crippen molar-refractivity contribution >= 4 is 34.4 Å². The lowest BCUT2D eigenvalue weighted by atomic mass is 10.1. The zero-order valence-corrected chi connectivity index (χ0v) is 11.7. The highest BCUT2D eigenvalue weighted by molar-refractivity contribution is 14.1. The minimum Gasteiger partial charge on any atom is -0.312 e. The molecule has 1 aromatic rings. The Labute approximate surface area is 110 Å². The molecule has 0 aromatic heterocycles. The Morgan fingerprint density at radius 2 is 2.13 bits per heavy atom. The van der Waals surface area contributed by atoms with E-state index < -0.39 is 0 Å². The first-order valence-corrected chi connectivity index (χ1v) is 7.61. The van der Waals surface area contributed by atoms with E-state index in [0.717, 1.165) is 12.5 Å². The van der Waals surface area contributed by atoms with Crippen molar-refractivity contribution in [3.8, 4) is 0 Å². The van der Waals surface area contributed by atoms with Crippen LogP contribution in [0.2, 0.25) is 0 Å². The van der Waals surface area contributed by atoms with E-state index in [1.165, 1.54) is 33.6 Å². The molecular formula is C12H16INS. The van der Waals surface area contributed by atoms with Crippen LogP contribution < -0.4 is 5.32 Å². The van der Waals surface area contributed by atoms with E-state index in [0.29, 0.717) is 0 Å². The predicted octanol–water partition coefficient (Wildman–Crippen LogP) is 3.13. The van der Waals surface area contributed by atoms with Crippen molar-refractivity contribution in [2.24, 2.45) is 5.92 Å². The Bertz CT molecular complexity index is 293. The summed E-state index contributed by atoms with van der Waals surface area (Å²) in [5.41, 5.74) is 1.39. The second kappa shape index (κ2) is 6.11. The molecule has 1 aromatic carbocycles. The molecule has 1 saturated heterocycles. The Balaban J connectivity index is 1.71. The fourth-order valence-electron chi connectivity index (χ4n) is 1.77. The third-order valence-electron chi connectivity index (χ3n) is 2.70. The van der Waals surface area contributed by atoms with E-state index in [1.54, 1.807) is 0 Å². The van der Waals surface area contributed by atoms with Crippen molar-refractivity contribution < 1.29 is 0 Å². The number of rotatable bonds is 4.